The maximum absolute atomic E-state index is 3.13. The van der Waals surface area contributed by atoms with Crippen LogP contribution in [0, 0.1) is 0 Å². The summed E-state index contributed by atoms with van der Waals surface area (Å²) in [6.07, 6.45) is 0. The molecule has 0 aromatic carbocycles. The largest absolute Gasteiger partial charge is 0.318 e. The first-order chi connectivity index (χ1) is 4.35. The van der Waals surface area contributed by atoms with Crippen molar-refractivity contribution in [3.8, 4) is 0 Å². The first-order valence-corrected chi connectivity index (χ1v) is 3.72. The normalized spacial score (nSPS) is 9.60. The van der Waals surface area contributed by atoms with Crippen LogP contribution < -0.4 is 5.32 Å². The van der Waals surface area contributed by atoms with Crippen LogP contribution in [-0.4, -0.2) is 38.1 Å². The highest BCUT2D eigenvalue weighted by Crippen LogP contribution is 1.82. The van der Waals surface area contributed by atoms with E-state index in [9.17, 15) is 0 Å². The van der Waals surface area contributed by atoms with Crippen molar-refractivity contribution in [2.75, 3.05) is 33.2 Å². The molecule has 0 aromatic heterocycles. The van der Waals surface area contributed by atoms with E-state index in [0.717, 1.165) is 19.6 Å². The molecule has 0 rings (SSSR count). The van der Waals surface area contributed by atoms with Crippen molar-refractivity contribution >= 4 is 17.0 Å². The highest BCUT2D eigenvalue weighted by atomic mass is 79.9. The van der Waals surface area contributed by atoms with Crippen molar-refractivity contribution in [1.29, 1.82) is 0 Å². The topological polar surface area (TPSA) is 15.3 Å². The molecule has 0 fully saturated rings. The summed E-state index contributed by atoms with van der Waals surface area (Å²) in [5.74, 6) is 0. The van der Waals surface area contributed by atoms with Crippen LogP contribution in [0.5, 0.6) is 0 Å². The van der Waals surface area contributed by atoms with Crippen molar-refractivity contribution in [3.63, 3.8) is 0 Å². The van der Waals surface area contributed by atoms with Gasteiger partial charge in [0.25, 0.3) is 0 Å². The molecule has 0 atom stereocenters. The van der Waals surface area contributed by atoms with Crippen LogP contribution in [-0.2, 0) is 0 Å². The van der Waals surface area contributed by atoms with Gasteiger partial charge in [-0.15, -0.1) is 17.0 Å². The van der Waals surface area contributed by atoms with Gasteiger partial charge in [-0.3, -0.25) is 0 Å². The molecule has 0 aliphatic rings. The zero-order chi connectivity index (χ0) is 7.11. The van der Waals surface area contributed by atoms with E-state index >= 15 is 0 Å². The fourth-order valence-corrected chi connectivity index (χ4v) is 0.810. The van der Waals surface area contributed by atoms with Crippen molar-refractivity contribution in [1.82, 2.24) is 10.2 Å². The van der Waals surface area contributed by atoms with Crippen molar-refractivity contribution < 1.29 is 0 Å². The Bertz CT molecular complexity index is 55.6. The van der Waals surface area contributed by atoms with Gasteiger partial charge in [-0.05, 0) is 20.1 Å². The number of halogens is 1. The second-order valence-corrected chi connectivity index (χ2v) is 2.13. The molecule has 0 aliphatic carbocycles. The van der Waals surface area contributed by atoms with E-state index in [-0.39, 0.29) is 17.0 Å². The summed E-state index contributed by atoms with van der Waals surface area (Å²) < 4.78 is 0. The minimum Gasteiger partial charge on any atom is -0.318 e. The molecule has 3 heteroatoms. The Balaban J connectivity index is 0. The highest BCUT2D eigenvalue weighted by Gasteiger charge is 1.94. The molecule has 0 bridgehead atoms. The maximum atomic E-state index is 3.13. The Morgan fingerprint density at radius 2 is 1.70 bits per heavy atom. The molecular weight excluding hydrogens is 192 g/mol. The smallest absolute Gasteiger partial charge is 0.0106 e. The van der Waals surface area contributed by atoms with Gasteiger partial charge in [-0.25, -0.2) is 0 Å². The van der Waals surface area contributed by atoms with Gasteiger partial charge < -0.3 is 10.2 Å². The number of hydrogen-bond acceptors (Lipinski definition) is 2. The lowest BCUT2D eigenvalue weighted by atomic mass is 10.5. The van der Waals surface area contributed by atoms with E-state index < -0.39 is 0 Å². The molecule has 0 unspecified atom stereocenters. The summed E-state index contributed by atoms with van der Waals surface area (Å²) >= 11 is 0. The Morgan fingerprint density at radius 3 is 2.00 bits per heavy atom. The zero-order valence-electron chi connectivity index (χ0n) is 7.18. The second-order valence-electron chi connectivity index (χ2n) is 2.13. The summed E-state index contributed by atoms with van der Waals surface area (Å²) in [5.41, 5.74) is 0. The number of hydrogen-bond donors (Lipinski definition) is 1. The van der Waals surface area contributed by atoms with E-state index in [1.165, 1.54) is 6.54 Å². The second kappa shape index (κ2) is 9.40. The summed E-state index contributed by atoms with van der Waals surface area (Å²) in [5, 5.41) is 3.13. The van der Waals surface area contributed by atoms with E-state index in [0.29, 0.717) is 0 Å². The number of rotatable bonds is 5. The third kappa shape index (κ3) is 6.52. The van der Waals surface area contributed by atoms with E-state index in [1.54, 1.807) is 0 Å². The highest BCUT2D eigenvalue weighted by molar-refractivity contribution is 8.93. The van der Waals surface area contributed by atoms with Crippen molar-refractivity contribution in [3.05, 3.63) is 0 Å². The molecule has 0 saturated carbocycles. The molecule has 0 heterocycles. The fraction of sp³-hybridized carbons (Fsp3) is 1.00. The third-order valence-electron chi connectivity index (χ3n) is 1.57. The minimum atomic E-state index is 0. The van der Waals surface area contributed by atoms with E-state index in [1.807, 2.05) is 7.05 Å². The monoisotopic (exact) mass is 210 g/mol. The van der Waals surface area contributed by atoms with Crippen molar-refractivity contribution in [2.24, 2.45) is 0 Å². The van der Waals surface area contributed by atoms with E-state index in [4.69, 9.17) is 0 Å². The molecule has 2 nitrogen and oxygen atoms in total. The third-order valence-corrected chi connectivity index (χ3v) is 1.57. The van der Waals surface area contributed by atoms with Crippen LogP contribution in [0.4, 0.5) is 0 Å². The standard InChI is InChI=1S/C7H18N2.BrH/c1-4-9(5-2)7-6-8-3;/h8H,4-7H2,1-3H3;1H. The maximum Gasteiger partial charge on any atom is 0.0106 e. The van der Waals surface area contributed by atoms with Crippen LogP contribution in [0.1, 0.15) is 13.8 Å². The summed E-state index contributed by atoms with van der Waals surface area (Å²) in [6, 6.07) is 0. The van der Waals surface area contributed by atoms with Crippen LogP contribution in [0.2, 0.25) is 0 Å². The fourth-order valence-electron chi connectivity index (χ4n) is 0.810. The number of likely N-dealkylation sites (N-methyl/N-ethyl adjacent to an activating group) is 2. The zero-order valence-corrected chi connectivity index (χ0v) is 8.90. The lowest BCUT2D eigenvalue weighted by Gasteiger charge is -2.16. The lowest BCUT2D eigenvalue weighted by molar-refractivity contribution is 0.305. The predicted octanol–water partition coefficient (Wildman–Crippen LogP) is 1.13. The van der Waals surface area contributed by atoms with Gasteiger partial charge in [0.05, 0.1) is 0 Å². The summed E-state index contributed by atoms with van der Waals surface area (Å²) in [6.45, 7) is 8.99. The SMILES string of the molecule is Br.CCN(CC)CCNC. The van der Waals surface area contributed by atoms with Crippen LogP contribution in [0.15, 0.2) is 0 Å². The van der Waals surface area contributed by atoms with Crippen LogP contribution >= 0.6 is 17.0 Å². The van der Waals surface area contributed by atoms with Gasteiger partial charge in [0.1, 0.15) is 0 Å². The van der Waals surface area contributed by atoms with Gasteiger partial charge in [0.15, 0.2) is 0 Å². The van der Waals surface area contributed by atoms with Gasteiger partial charge in [0.2, 0.25) is 0 Å². The van der Waals surface area contributed by atoms with Crippen LogP contribution in [0.3, 0.4) is 0 Å². The van der Waals surface area contributed by atoms with Gasteiger partial charge in [0, 0.05) is 13.1 Å². The molecule has 64 valence electrons. The van der Waals surface area contributed by atoms with Crippen molar-refractivity contribution in [2.45, 2.75) is 13.8 Å². The lowest BCUT2D eigenvalue weighted by Crippen LogP contribution is -2.30. The Morgan fingerprint density at radius 1 is 1.20 bits per heavy atom. The van der Waals surface area contributed by atoms with Gasteiger partial charge in [-0.2, -0.15) is 0 Å². The first-order valence-electron chi connectivity index (χ1n) is 3.72. The van der Waals surface area contributed by atoms with Gasteiger partial charge in [-0.1, -0.05) is 13.8 Å². The molecule has 0 radical (unpaired) electrons. The Labute approximate surface area is 74.8 Å². The average molecular weight is 211 g/mol. The minimum absolute atomic E-state index is 0. The first kappa shape index (κ1) is 13.0. The molecule has 1 N–H and O–H groups in total. The predicted molar refractivity (Wildman–Crippen MR) is 52.0 cm³/mol. The summed E-state index contributed by atoms with van der Waals surface area (Å²) in [4.78, 5) is 2.40. The molecule has 0 aromatic rings. The van der Waals surface area contributed by atoms with Gasteiger partial charge >= 0.3 is 0 Å². The Kier molecular flexibility index (Phi) is 12.2. The average Bonchev–Trinajstić information content (AvgIpc) is 1.91. The Hall–Kier alpha value is 0.400. The summed E-state index contributed by atoms with van der Waals surface area (Å²) in [7, 11) is 1.99. The molecule has 0 amide bonds. The number of nitrogens with one attached hydrogen (secondary N) is 1. The van der Waals surface area contributed by atoms with Crippen LogP contribution in [0.25, 0.3) is 0 Å². The quantitative estimate of drug-likeness (QED) is 0.733. The molecule has 0 aliphatic heterocycles. The molecule has 0 saturated heterocycles. The van der Waals surface area contributed by atoms with E-state index in [2.05, 4.69) is 24.1 Å². The molecule has 0 spiro atoms. The molecular formula is C7H19BrN2. The number of nitrogens with zero attached hydrogens (tertiary/aromatic N) is 1. The molecule has 10 heavy (non-hydrogen) atoms.